The second kappa shape index (κ2) is 9.82. The van der Waals surface area contributed by atoms with Crippen LogP contribution < -0.4 is 5.32 Å². The number of sulfonamides is 1. The van der Waals surface area contributed by atoms with E-state index in [-0.39, 0.29) is 11.4 Å². The van der Waals surface area contributed by atoms with Crippen LogP contribution in [0, 0.1) is 6.92 Å². The number of amides is 1. The van der Waals surface area contributed by atoms with Gasteiger partial charge in [-0.2, -0.15) is 4.31 Å². The number of nitrogens with one attached hydrogen (secondary N) is 1. The molecule has 0 aliphatic carbocycles. The number of nitrogens with zero attached hydrogens (tertiary/aromatic N) is 1. The summed E-state index contributed by atoms with van der Waals surface area (Å²) in [6, 6.07) is 5.58. The van der Waals surface area contributed by atoms with Crippen LogP contribution in [0.2, 0.25) is 0 Å². The average Bonchev–Trinajstić information content (AvgIpc) is 2.66. The Kier molecular flexibility index (Phi) is 7.76. The lowest BCUT2D eigenvalue weighted by Gasteiger charge is -2.33. The Morgan fingerprint density at radius 2 is 1.93 bits per heavy atom. The summed E-state index contributed by atoms with van der Waals surface area (Å²) in [7, 11) is -2.30. The van der Waals surface area contributed by atoms with Crippen LogP contribution in [0.3, 0.4) is 0 Å². The van der Waals surface area contributed by atoms with Gasteiger partial charge in [-0.05, 0) is 38.3 Å². The largest absolute Gasteiger partial charge is 0.454 e. The zero-order valence-corrected chi connectivity index (χ0v) is 16.5. The molecule has 1 fully saturated rings. The molecule has 0 spiro atoms. The minimum absolute atomic E-state index is 0.144. The first kappa shape index (κ1) is 21.3. The summed E-state index contributed by atoms with van der Waals surface area (Å²) in [5.74, 6) is -1.16. The van der Waals surface area contributed by atoms with E-state index in [2.05, 4.69) is 5.32 Å². The van der Waals surface area contributed by atoms with E-state index < -0.39 is 34.5 Å². The highest BCUT2D eigenvalue weighted by Gasteiger charge is 2.38. The number of methoxy groups -OCH3 is 1. The summed E-state index contributed by atoms with van der Waals surface area (Å²) >= 11 is 0. The highest BCUT2D eigenvalue weighted by Crippen LogP contribution is 2.26. The van der Waals surface area contributed by atoms with Gasteiger partial charge < -0.3 is 14.8 Å². The first-order valence-electron chi connectivity index (χ1n) is 8.87. The minimum Gasteiger partial charge on any atom is -0.454 e. The molecule has 0 aromatic heterocycles. The molecule has 1 N–H and O–H groups in total. The first-order chi connectivity index (χ1) is 12.9. The average molecular weight is 398 g/mol. The molecule has 1 saturated heterocycles. The van der Waals surface area contributed by atoms with Crippen LogP contribution >= 0.6 is 0 Å². The lowest BCUT2D eigenvalue weighted by molar-refractivity contribution is -0.153. The number of rotatable bonds is 8. The number of carbonyl (C=O) groups excluding carboxylic acids is 2. The summed E-state index contributed by atoms with van der Waals surface area (Å²) < 4.78 is 37.0. The SMILES string of the molecule is COCCNC(=O)COC(=O)C1CCCCN1S(=O)(=O)c1ccc(C)cc1. The van der Waals surface area contributed by atoms with Crippen LogP contribution in [0.25, 0.3) is 0 Å². The Morgan fingerprint density at radius 3 is 2.59 bits per heavy atom. The van der Waals surface area contributed by atoms with Crippen LogP contribution in [-0.4, -0.2) is 64.1 Å². The van der Waals surface area contributed by atoms with E-state index >= 15 is 0 Å². The van der Waals surface area contributed by atoms with Crippen molar-refractivity contribution in [1.82, 2.24) is 9.62 Å². The number of carbonyl (C=O) groups is 2. The van der Waals surface area contributed by atoms with E-state index in [0.717, 1.165) is 12.0 Å². The molecule has 0 saturated carbocycles. The molecule has 150 valence electrons. The van der Waals surface area contributed by atoms with Gasteiger partial charge in [-0.15, -0.1) is 0 Å². The first-order valence-corrected chi connectivity index (χ1v) is 10.3. The van der Waals surface area contributed by atoms with E-state index in [1.165, 1.54) is 23.5 Å². The molecule has 1 atom stereocenters. The number of piperidine rings is 1. The van der Waals surface area contributed by atoms with Crippen molar-refractivity contribution < 1.29 is 27.5 Å². The van der Waals surface area contributed by atoms with Crippen LogP contribution in [0.15, 0.2) is 29.2 Å². The maximum atomic E-state index is 13.0. The third kappa shape index (κ3) is 5.75. The quantitative estimate of drug-likeness (QED) is 0.514. The van der Waals surface area contributed by atoms with Gasteiger partial charge in [0.1, 0.15) is 6.04 Å². The van der Waals surface area contributed by atoms with Crippen molar-refractivity contribution in [2.45, 2.75) is 37.1 Å². The highest BCUT2D eigenvalue weighted by atomic mass is 32.2. The molecule has 1 aliphatic rings. The van der Waals surface area contributed by atoms with Gasteiger partial charge in [-0.3, -0.25) is 9.59 Å². The minimum atomic E-state index is -3.81. The van der Waals surface area contributed by atoms with Crippen molar-refractivity contribution in [2.24, 2.45) is 0 Å². The Labute approximate surface area is 159 Å². The zero-order chi connectivity index (χ0) is 19.9. The second-order valence-electron chi connectivity index (χ2n) is 6.39. The van der Waals surface area contributed by atoms with Crippen molar-refractivity contribution in [1.29, 1.82) is 0 Å². The van der Waals surface area contributed by atoms with E-state index in [9.17, 15) is 18.0 Å². The highest BCUT2D eigenvalue weighted by molar-refractivity contribution is 7.89. The van der Waals surface area contributed by atoms with Gasteiger partial charge in [-0.25, -0.2) is 8.42 Å². The van der Waals surface area contributed by atoms with Crippen molar-refractivity contribution in [3.05, 3.63) is 29.8 Å². The number of benzene rings is 1. The Bertz CT molecular complexity index is 748. The summed E-state index contributed by atoms with van der Waals surface area (Å²) in [6.45, 7) is 2.33. The van der Waals surface area contributed by atoms with E-state index in [4.69, 9.17) is 9.47 Å². The molecule has 27 heavy (non-hydrogen) atoms. The molecule has 0 radical (unpaired) electrons. The van der Waals surface area contributed by atoms with Crippen LogP contribution in [-0.2, 0) is 29.1 Å². The Morgan fingerprint density at radius 1 is 1.22 bits per heavy atom. The molecule has 1 amide bonds. The molecule has 1 unspecified atom stereocenters. The lowest BCUT2D eigenvalue weighted by Crippen LogP contribution is -2.49. The maximum absolute atomic E-state index is 13.0. The van der Waals surface area contributed by atoms with Crippen LogP contribution in [0.4, 0.5) is 0 Å². The monoisotopic (exact) mass is 398 g/mol. The Balaban J connectivity index is 2.04. The third-order valence-electron chi connectivity index (χ3n) is 4.33. The van der Waals surface area contributed by atoms with Crippen molar-refractivity contribution in [3.8, 4) is 0 Å². The second-order valence-corrected chi connectivity index (χ2v) is 8.28. The maximum Gasteiger partial charge on any atom is 0.324 e. The van der Waals surface area contributed by atoms with Crippen molar-refractivity contribution >= 4 is 21.9 Å². The third-order valence-corrected chi connectivity index (χ3v) is 6.25. The van der Waals surface area contributed by atoms with Crippen LogP contribution in [0.5, 0.6) is 0 Å². The standard InChI is InChI=1S/C18H26N2O6S/c1-14-6-8-15(9-7-14)27(23,24)20-11-4-3-5-16(20)18(22)26-13-17(21)19-10-12-25-2/h6-9,16H,3-5,10-13H2,1-2H3,(H,19,21). The molecule has 1 aromatic carbocycles. The van der Waals surface area contributed by atoms with Gasteiger partial charge in [-0.1, -0.05) is 17.7 Å². The molecule has 2 rings (SSSR count). The molecular formula is C18H26N2O6S. The summed E-state index contributed by atoms with van der Waals surface area (Å²) in [5.41, 5.74) is 0.947. The van der Waals surface area contributed by atoms with E-state index in [1.807, 2.05) is 6.92 Å². The molecular weight excluding hydrogens is 372 g/mol. The van der Waals surface area contributed by atoms with Gasteiger partial charge in [0.05, 0.1) is 11.5 Å². The number of ether oxygens (including phenoxy) is 2. The summed E-state index contributed by atoms with van der Waals surface area (Å²) in [6.07, 6.45) is 1.77. The Hall–Kier alpha value is -1.97. The molecule has 0 bridgehead atoms. The van der Waals surface area contributed by atoms with Gasteiger partial charge >= 0.3 is 5.97 Å². The zero-order valence-electron chi connectivity index (χ0n) is 15.6. The number of aryl methyl sites for hydroxylation is 1. The number of hydrogen-bond acceptors (Lipinski definition) is 6. The number of hydrogen-bond donors (Lipinski definition) is 1. The van der Waals surface area contributed by atoms with Gasteiger partial charge in [0.25, 0.3) is 5.91 Å². The number of esters is 1. The molecule has 1 heterocycles. The summed E-state index contributed by atoms with van der Waals surface area (Å²) in [5, 5.41) is 2.54. The lowest BCUT2D eigenvalue weighted by atomic mass is 10.1. The predicted octanol–water partition coefficient (Wildman–Crippen LogP) is 0.844. The predicted molar refractivity (Wildman–Crippen MR) is 98.6 cm³/mol. The summed E-state index contributed by atoms with van der Waals surface area (Å²) in [4.78, 5) is 24.2. The fourth-order valence-electron chi connectivity index (χ4n) is 2.85. The fraction of sp³-hybridized carbons (Fsp3) is 0.556. The normalized spacial score (nSPS) is 18.1. The van der Waals surface area contributed by atoms with Gasteiger partial charge in [0.2, 0.25) is 10.0 Å². The topological polar surface area (TPSA) is 102 Å². The molecule has 1 aromatic rings. The van der Waals surface area contributed by atoms with Crippen molar-refractivity contribution in [3.63, 3.8) is 0 Å². The molecule has 9 heteroatoms. The smallest absolute Gasteiger partial charge is 0.324 e. The molecule has 1 aliphatic heterocycles. The molecule has 8 nitrogen and oxygen atoms in total. The van der Waals surface area contributed by atoms with E-state index in [1.54, 1.807) is 12.1 Å². The van der Waals surface area contributed by atoms with Crippen LogP contribution in [0.1, 0.15) is 24.8 Å². The van der Waals surface area contributed by atoms with E-state index in [0.29, 0.717) is 26.0 Å². The van der Waals surface area contributed by atoms with Gasteiger partial charge in [0.15, 0.2) is 6.61 Å². The fourth-order valence-corrected chi connectivity index (χ4v) is 4.50. The van der Waals surface area contributed by atoms with Crippen molar-refractivity contribution in [2.75, 3.05) is 33.4 Å². The van der Waals surface area contributed by atoms with Gasteiger partial charge in [0, 0.05) is 20.2 Å².